The summed E-state index contributed by atoms with van der Waals surface area (Å²) in [7, 11) is 0. The first-order valence-electron chi connectivity index (χ1n) is 4.34. The van der Waals surface area contributed by atoms with E-state index in [2.05, 4.69) is 0 Å². The summed E-state index contributed by atoms with van der Waals surface area (Å²) in [5.74, 6) is -4.10. The minimum absolute atomic E-state index is 0.110. The van der Waals surface area contributed by atoms with Crippen molar-refractivity contribution in [1.29, 1.82) is 0 Å². The highest BCUT2D eigenvalue weighted by molar-refractivity contribution is 5.24. The quantitative estimate of drug-likeness (QED) is 0.734. The molecule has 1 aromatic carbocycles. The summed E-state index contributed by atoms with van der Waals surface area (Å²) < 4.78 is 38.6. The van der Waals surface area contributed by atoms with Gasteiger partial charge in [0.2, 0.25) is 0 Å². The molecule has 1 aromatic rings. The Balaban J connectivity index is 3.17. The van der Waals surface area contributed by atoms with Crippen LogP contribution in [0.15, 0.2) is 12.1 Å². The minimum atomic E-state index is -1.44. The molecule has 0 bridgehead atoms. The van der Waals surface area contributed by atoms with E-state index in [0.29, 0.717) is 0 Å². The van der Waals surface area contributed by atoms with Crippen LogP contribution in [0.1, 0.15) is 25.3 Å². The molecule has 0 radical (unpaired) electrons. The zero-order chi connectivity index (χ0) is 10.9. The Kier molecular flexibility index (Phi) is 3.16. The van der Waals surface area contributed by atoms with Crippen LogP contribution >= 0.6 is 0 Å². The molecule has 0 amide bonds. The second-order valence-corrected chi connectivity index (χ2v) is 3.41. The molecule has 0 aliphatic carbocycles. The maximum absolute atomic E-state index is 13.2. The number of rotatable bonds is 2. The molecule has 0 heterocycles. The number of benzene rings is 1. The first-order chi connectivity index (χ1) is 6.45. The van der Waals surface area contributed by atoms with Gasteiger partial charge in [-0.2, -0.15) is 0 Å². The zero-order valence-corrected chi connectivity index (χ0v) is 8.02. The highest BCUT2D eigenvalue weighted by Crippen LogP contribution is 2.24. The van der Waals surface area contributed by atoms with Gasteiger partial charge in [0.15, 0.2) is 17.5 Å². The molecule has 1 rings (SSSR count). The zero-order valence-electron chi connectivity index (χ0n) is 8.02. The normalized spacial score (nSPS) is 15.3. The molecular formula is C10H12F3N. The summed E-state index contributed by atoms with van der Waals surface area (Å²) in [6.45, 7) is 3.35. The van der Waals surface area contributed by atoms with E-state index in [1.807, 2.05) is 0 Å². The van der Waals surface area contributed by atoms with Crippen LogP contribution < -0.4 is 5.73 Å². The van der Waals surface area contributed by atoms with Crippen molar-refractivity contribution in [2.45, 2.75) is 25.8 Å². The summed E-state index contributed by atoms with van der Waals surface area (Å²) in [6.07, 6.45) is 0. The van der Waals surface area contributed by atoms with Crippen molar-refractivity contribution < 1.29 is 13.2 Å². The SMILES string of the molecule is CC(N)C(C)c1ccc(F)c(F)c1F. The molecule has 1 nitrogen and oxygen atoms in total. The molecule has 2 unspecified atom stereocenters. The maximum atomic E-state index is 13.2. The fourth-order valence-corrected chi connectivity index (χ4v) is 1.18. The maximum Gasteiger partial charge on any atom is 0.194 e. The summed E-state index contributed by atoms with van der Waals surface area (Å²) in [5, 5.41) is 0. The molecule has 0 spiro atoms. The monoisotopic (exact) mass is 203 g/mol. The Labute approximate surface area is 80.7 Å². The van der Waals surface area contributed by atoms with E-state index in [1.165, 1.54) is 6.07 Å². The van der Waals surface area contributed by atoms with E-state index in [-0.39, 0.29) is 17.5 Å². The van der Waals surface area contributed by atoms with Crippen LogP contribution in [-0.4, -0.2) is 6.04 Å². The van der Waals surface area contributed by atoms with Gasteiger partial charge in [-0.25, -0.2) is 13.2 Å². The van der Waals surface area contributed by atoms with Crippen molar-refractivity contribution in [3.63, 3.8) is 0 Å². The van der Waals surface area contributed by atoms with E-state index in [4.69, 9.17) is 5.73 Å². The predicted octanol–water partition coefficient (Wildman–Crippen LogP) is 2.55. The van der Waals surface area contributed by atoms with E-state index < -0.39 is 17.5 Å². The second kappa shape index (κ2) is 4.00. The molecule has 14 heavy (non-hydrogen) atoms. The van der Waals surface area contributed by atoms with E-state index >= 15 is 0 Å². The second-order valence-electron chi connectivity index (χ2n) is 3.41. The van der Waals surface area contributed by atoms with Gasteiger partial charge in [-0.3, -0.25) is 0 Å². The summed E-state index contributed by atoms with van der Waals surface area (Å²) >= 11 is 0. The highest BCUT2D eigenvalue weighted by Gasteiger charge is 2.19. The molecule has 4 heteroatoms. The molecule has 0 aliphatic heterocycles. The Morgan fingerprint density at radius 1 is 1.07 bits per heavy atom. The first kappa shape index (κ1) is 11.0. The number of nitrogens with two attached hydrogens (primary N) is 1. The smallest absolute Gasteiger partial charge is 0.194 e. The average molecular weight is 203 g/mol. The number of hydrogen-bond acceptors (Lipinski definition) is 1. The van der Waals surface area contributed by atoms with Gasteiger partial charge in [-0.1, -0.05) is 13.0 Å². The molecule has 0 fully saturated rings. The first-order valence-corrected chi connectivity index (χ1v) is 4.34. The van der Waals surface area contributed by atoms with Gasteiger partial charge in [0.05, 0.1) is 0 Å². The molecule has 0 saturated heterocycles. The molecule has 0 aromatic heterocycles. The van der Waals surface area contributed by atoms with Crippen molar-refractivity contribution in [3.05, 3.63) is 35.1 Å². The van der Waals surface area contributed by atoms with Crippen molar-refractivity contribution in [1.82, 2.24) is 0 Å². The average Bonchev–Trinajstić information content (AvgIpc) is 2.13. The van der Waals surface area contributed by atoms with Gasteiger partial charge in [-0.15, -0.1) is 0 Å². The third-order valence-electron chi connectivity index (χ3n) is 2.34. The van der Waals surface area contributed by atoms with Crippen molar-refractivity contribution in [2.24, 2.45) is 5.73 Å². The molecule has 78 valence electrons. The highest BCUT2D eigenvalue weighted by atomic mass is 19.2. The molecular weight excluding hydrogens is 191 g/mol. The Bertz CT molecular complexity index is 336. The van der Waals surface area contributed by atoms with Crippen molar-refractivity contribution >= 4 is 0 Å². The standard InChI is InChI=1S/C10H12F3N/c1-5(6(2)14)7-3-4-8(11)10(13)9(7)12/h3-6H,14H2,1-2H3. The fourth-order valence-electron chi connectivity index (χ4n) is 1.18. The summed E-state index contributed by atoms with van der Waals surface area (Å²) in [6, 6.07) is 1.82. The fraction of sp³-hybridized carbons (Fsp3) is 0.400. The van der Waals surface area contributed by atoms with Crippen LogP contribution in [0, 0.1) is 17.5 Å². The molecule has 2 atom stereocenters. The van der Waals surface area contributed by atoms with Gasteiger partial charge < -0.3 is 5.73 Å². The van der Waals surface area contributed by atoms with Crippen molar-refractivity contribution in [3.8, 4) is 0 Å². The lowest BCUT2D eigenvalue weighted by molar-refractivity contribution is 0.432. The third kappa shape index (κ3) is 1.90. The minimum Gasteiger partial charge on any atom is -0.327 e. The molecule has 2 N–H and O–H groups in total. The van der Waals surface area contributed by atoms with Gasteiger partial charge >= 0.3 is 0 Å². The largest absolute Gasteiger partial charge is 0.327 e. The van der Waals surface area contributed by atoms with Crippen LogP contribution in [-0.2, 0) is 0 Å². The molecule has 0 saturated carbocycles. The number of hydrogen-bond donors (Lipinski definition) is 1. The Morgan fingerprint density at radius 2 is 1.64 bits per heavy atom. The van der Waals surface area contributed by atoms with Crippen LogP contribution in [0.3, 0.4) is 0 Å². The topological polar surface area (TPSA) is 26.0 Å². The predicted molar refractivity (Wildman–Crippen MR) is 48.4 cm³/mol. The van der Waals surface area contributed by atoms with Crippen LogP contribution in [0.4, 0.5) is 13.2 Å². The summed E-state index contributed by atoms with van der Waals surface area (Å²) in [4.78, 5) is 0. The lowest BCUT2D eigenvalue weighted by atomic mass is 9.94. The van der Waals surface area contributed by atoms with Crippen LogP contribution in [0.25, 0.3) is 0 Å². The van der Waals surface area contributed by atoms with E-state index in [1.54, 1.807) is 13.8 Å². The molecule has 0 aliphatic rings. The van der Waals surface area contributed by atoms with Crippen LogP contribution in [0.2, 0.25) is 0 Å². The third-order valence-corrected chi connectivity index (χ3v) is 2.34. The van der Waals surface area contributed by atoms with Gasteiger partial charge in [0, 0.05) is 6.04 Å². The van der Waals surface area contributed by atoms with Gasteiger partial charge in [-0.05, 0) is 24.5 Å². The number of halogens is 3. The lowest BCUT2D eigenvalue weighted by Crippen LogP contribution is -2.23. The van der Waals surface area contributed by atoms with Gasteiger partial charge in [0.1, 0.15) is 0 Å². The summed E-state index contributed by atoms with van der Waals surface area (Å²) in [5.41, 5.74) is 5.65. The van der Waals surface area contributed by atoms with Crippen molar-refractivity contribution in [2.75, 3.05) is 0 Å². The van der Waals surface area contributed by atoms with E-state index in [0.717, 1.165) is 6.07 Å². The lowest BCUT2D eigenvalue weighted by Gasteiger charge is -2.16. The Morgan fingerprint density at radius 3 is 2.14 bits per heavy atom. The Hall–Kier alpha value is -1.03. The van der Waals surface area contributed by atoms with Crippen LogP contribution in [0.5, 0.6) is 0 Å². The van der Waals surface area contributed by atoms with E-state index in [9.17, 15) is 13.2 Å². The van der Waals surface area contributed by atoms with Gasteiger partial charge in [0.25, 0.3) is 0 Å².